The van der Waals surface area contributed by atoms with Gasteiger partial charge in [-0.2, -0.15) is 0 Å². The Morgan fingerprint density at radius 2 is 2.26 bits per heavy atom. The Morgan fingerprint density at radius 1 is 1.47 bits per heavy atom. The highest BCUT2D eigenvalue weighted by molar-refractivity contribution is 9.10. The van der Waals surface area contributed by atoms with Crippen LogP contribution in [-0.2, 0) is 22.5 Å². The number of aliphatic hydroxyl groups excluding tert-OH is 1. The van der Waals surface area contributed by atoms with E-state index in [1.807, 2.05) is 24.4 Å². The number of aliphatic hydroxyl groups is 1. The van der Waals surface area contributed by atoms with Gasteiger partial charge in [-0.1, -0.05) is 15.9 Å². The number of esters is 1. The highest BCUT2D eigenvalue weighted by atomic mass is 79.9. The minimum absolute atomic E-state index is 0.155. The Kier molecular flexibility index (Phi) is 4.61. The first-order chi connectivity index (χ1) is 9.15. The molecule has 0 aliphatic carbocycles. The third kappa shape index (κ3) is 3.16. The number of hydrogen-bond donors (Lipinski definition) is 1. The molecule has 1 heterocycles. The first kappa shape index (κ1) is 14.1. The lowest BCUT2D eigenvalue weighted by Crippen LogP contribution is -2.04. The molecule has 2 rings (SSSR count). The number of nitrogens with zero attached hydrogens (tertiary/aromatic N) is 1. The molecule has 0 aliphatic rings. The van der Waals surface area contributed by atoms with Crippen LogP contribution in [0, 0.1) is 0 Å². The molecule has 0 saturated heterocycles. The van der Waals surface area contributed by atoms with Crippen LogP contribution < -0.4 is 0 Å². The average molecular weight is 326 g/mol. The van der Waals surface area contributed by atoms with E-state index >= 15 is 0 Å². The topological polar surface area (TPSA) is 51.5 Å². The van der Waals surface area contributed by atoms with Gasteiger partial charge in [0.05, 0.1) is 13.5 Å². The molecule has 0 saturated carbocycles. The van der Waals surface area contributed by atoms with E-state index in [4.69, 9.17) is 9.84 Å². The van der Waals surface area contributed by atoms with Crippen LogP contribution in [0.25, 0.3) is 10.9 Å². The number of carbonyl (C=O) groups is 1. The van der Waals surface area contributed by atoms with Gasteiger partial charge in [0.15, 0.2) is 0 Å². The lowest BCUT2D eigenvalue weighted by molar-refractivity contribution is -0.139. The Hall–Kier alpha value is -1.33. The highest BCUT2D eigenvalue weighted by Crippen LogP contribution is 2.26. The zero-order valence-corrected chi connectivity index (χ0v) is 12.3. The summed E-state index contributed by atoms with van der Waals surface area (Å²) in [6.07, 6.45) is 2.91. The molecule has 0 fully saturated rings. The summed E-state index contributed by atoms with van der Waals surface area (Å²) in [5.74, 6) is -0.249. The molecule has 1 aromatic carbocycles. The number of aryl methyl sites for hydroxylation is 1. The van der Waals surface area contributed by atoms with Crippen LogP contribution in [0.5, 0.6) is 0 Å². The van der Waals surface area contributed by atoms with E-state index in [0.717, 1.165) is 27.5 Å². The molecule has 1 N–H and O–H groups in total. The third-order valence-corrected chi connectivity index (χ3v) is 3.54. The molecule has 0 amide bonds. The van der Waals surface area contributed by atoms with E-state index in [0.29, 0.717) is 6.42 Å². The standard InChI is InChI=1S/C14H16BrNO3/c1-19-14(18)7-10-9-16(5-2-6-17)13-4-3-11(15)8-12(10)13/h3-4,8-9,17H,2,5-7H2,1H3. The number of methoxy groups -OCH3 is 1. The van der Waals surface area contributed by atoms with Crippen LogP contribution in [0.2, 0.25) is 0 Å². The summed E-state index contributed by atoms with van der Waals surface area (Å²) in [4.78, 5) is 11.4. The lowest BCUT2D eigenvalue weighted by atomic mass is 10.1. The maximum atomic E-state index is 11.4. The van der Waals surface area contributed by atoms with Gasteiger partial charge in [-0.25, -0.2) is 0 Å². The number of carbonyl (C=O) groups excluding carboxylic acids is 1. The summed E-state index contributed by atoms with van der Waals surface area (Å²) in [5, 5.41) is 9.98. The molecule has 102 valence electrons. The molecule has 5 heteroatoms. The molecule has 0 bridgehead atoms. The summed E-state index contributed by atoms with van der Waals surface area (Å²) >= 11 is 3.45. The van der Waals surface area contributed by atoms with Gasteiger partial charge in [0.2, 0.25) is 0 Å². The van der Waals surface area contributed by atoms with Gasteiger partial charge < -0.3 is 14.4 Å². The SMILES string of the molecule is COC(=O)Cc1cn(CCCO)c2ccc(Br)cc12. The summed E-state index contributed by atoms with van der Waals surface area (Å²) in [6, 6.07) is 5.99. The number of aromatic nitrogens is 1. The zero-order chi connectivity index (χ0) is 13.8. The molecule has 0 spiro atoms. The van der Waals surface area contributed by atoms with Crippen LogP contribution in [0.4, 0.5) is 0 Å². The fourth-order valence-corrected chi connectivity index (χ4v) is 2.50. The van der Waals surface area contributed by atoms with Crippen LogP contribution in [0.1, 0.15) is 12.0 Å². The predicted octanol–water partition coefficient (Wildman–Crippen LogP) is 2.50. The van der Waals surface area contributed by atoms with Crippen molar-refractivity contribution in [2.75, 3.05) is 13.7 Å². The van der Waals surface area contributed by atoms with E-state index in [1.165, 1.54) is 7.11 Å². The van der Waals surface area contributed by atoms with Crippen molar-refractivity contribution in [1.82, 2.24) is 4.57 Å². The molecule has 4 nitrogen and oxygen atoms in total. The van der Waals surface area contributed by atoms with Crippen molar-refractivity contribution in [3.63, 3.8) is 0 Å². The maximum Gasteiger partial charge on any atom is 0.310 e. The Balaban J connectivity index is 2.43. The van der Waals surface area contributed by atoms with E-state index in [-0.39, 0.29) is 19.0 Å². The van der Waals surface area contributed by atoms with E-state index in [1.54, 1.807) is 0 Å². The van der Waals surface area contributed by atoms with Gasteiger partial charge in [-0.15, -0.1) is 0 Å². The van der Waals surface area contributed by atoms with Gasteiger partial charge in [-0.05, 0) is 30.2 Å². The maximum absolute atomic E-state index is 11.4. The second-order valence-corrected chi connectivity index (χ2v) is 5.25. The lowest BCUT2D eigenvalue weighted by Gasteiger charge is -2.03. The molecule has 1 aromatic heterocycles. The highest BCUT2D eigenvalue weighted by Gasteiger charge is 2.12. The number of benzene rings is 1. The first-order valence-electron chi connectivity index (χ1n) is 6.10. The Morgan fingerprint density at radius 3 is 2.95 bits per heavy atom. The molecule has 0 unspecified atom stereocenters. The quantitative estimate of drug-likeness (QED) is 0.859. The summed E-state index contributed by atoms with van der Waals surface area (Å²) < 4.78 is 7.77. The predicted molar refractivity (Wildman–Crippen MR) is 77.1 cm³/mol. The van der Waals surface area contributed by atoms with Crippen LogP contribution in [-0.4, -0.2) is 29.4 Å². The second-order valence-electron chi connectivity index (χ2n) is 4.34. The first-order valence-corrected chi connectivity index (χ1v) is 6.90. The normalized spacial score (nSPS) is 10.9. The fraction of sp³-hybridized carbons (Fsp3) is 0.357. The van der Waals surface area contributed by atoms with Crippen molar-refractivity contribution in [3.05, 3.63) is 34.4 Å². The Bertz CT molecular complexity index is 592. The van der Waals surface area contributed by atoms with E-state index in [2.05, 4.69) is 20.5 Å². The molecular weight excluding hydrogens is 310 g/mol. The number of halogens is 1. The average Bonchev–Trinajstić information content (AvgIpc) is 2.73. The molecule has 0 aliphatic heterocycles. The third-order valence-electron chi connectivity index (χ3n) is 3.05. The molecular formula is C14H16BrNO3. The van der Waals surface area contributed by atoms with Crippen molar-refractivity contribution in [3.8, 4) is 0 Å². The molecule has 2 aromatic rings. The van der Waals surface area contributed by atoms with Crippen molar-refractivity contribution in [2.45, 2.75) is 19.4 Å². The van der Waals surface area contributed by atoms with Gasteiger partial charge in [-0.3, -0.25) is 4.79 Å². The summed E-state index contributed by atoms with van der Waals surface area (Å²) in [5.41, 5.74) is 2.01. The van der Waals surface area contributed by atoms with Gasteiger partial charge >= 0.3 is 5.97 Å². The van der Waals surface area contributed by atoms with E-state index < -0.39 is 0 Å². The molecule has 0 radical (unpaired) electrons. The summed E-state index contributed by atoms with van der Waals surface area (Å²) in [7, 11) is 1.39. The molecule has 19 heavy (non-hydrogen) atoms. The fourth-order valence-electron chi connectivity index (χ4n) is 2.14. The monoisotopic (exact) mass is 325 g/mol. The van der Waals surface area contributed by atoms with Crippen LogP contribution in [0.15, 0.2) is 28.9 Å². The van der Waals surface area contributed by atoms with Gasteiger partial charge in [0.25, 0.3) is 0 Å². The van der Waals surface area contributed by atoms with Crippen molar-refractivity contribution < 1.29 is 14.6 Å². The van der Waals surface area contributed by atoms with Crippen LogP contribution >= 0.6 is 15.9 Å². The molecule has 0 atom stereocenters. The number of fused-ring (bicyclic) bond motifs is 1. The summed E-state index contributed by atoms with van der Waals surface area (Å²) in [6.45, 7) is 0.887. The second kappa shape index (κ2) is 6.21. The van der Waals surface area contributed by atoms with E-state index in [9.17, 15) is 4.79 Å². The minimum atomic E-state index is -0.249. The number of hydrogen-bond acceptors (Lipinski definition) is 3. The Labute approximate surface area is 120 Å². The van der Waals surface area contributed by atoms with Crippen LogP contribution in [0.3, 0.4) is 0 Å². The number of rotatable bonds is 5. The smallest absolute Gasteiger partial charge is 0.310 e. The van der Waals surface area contributed by atoms with Gasteiger partial charge in [0, 0.05) is 34.7 Å². The largest absolute Gasteiger partial charge is 0.469 e. The zero-order valence-electron chi connectivity index (χ0n) is 10.7. The number of ether oxygens (including phenoxy) is 1. The van der Waals surface area contributed by atoms with Crippen molar-refractivity contribution in [1.29, 1.82) is 0 Å². The van der Waals surface area contributed by atoms with Gasteiger partial charge in [0.1, 0.15) is 0 Å². The minimum Gasteiger partial charge on any atom is -0.469 e. The van der Waals surface area contributed by atoms with Crippen molar-refractivity contribution >= 4 is 32.8 Å². The van der Waals surface area contributed by atoms with Crippen molar-refractivity contribution in [2.24, 2.45) is 0 Å².